The zero-order valence-electron chi connectivity index (χ0n) is 14.0. The Balaban J connectivity index is 2.31. The van der Waals surface area contributed by atoms with Crippen LogP contribution in [0.25, 0.3) is 0 Å². The molecule has 0 spiro atoms. The lowest BCUT2D eigenvalue weighted by atomic mass is 10.0. The predicted molar refractivity (Wildman–Crippen MR) is 84.3 cm³/mol. The molecule has 0 saturated carbocycles. The molecule has 10 heteroatoms. The van der Waals surface area contributed by atoms with Crippen molar-refractivity contribution in [3.8, 4) is 6.07 Å². The van der Waals surface area contributed by atoms with Gasteiger partial charge in [-0.2, -0.15) is 10.2 Å². The third kappa shape index (κ3) is 3.34. The number of esters is 1. The Morgan fingerprint density at radius 2 is 2.28 bits per heavy atom. The van der Waals surface area contributed by atoms with E-state index in [1.165, 1.54) is 12.3 Å². The Morgan fingerprint density at radius 1 is 1.60 bits per heavy atom. The number of carbonyl (C=O) groups is 1. The number of hydrogen-bond acceptors (Lipinski definition) is 9. The van der Waals surface area contributed by atoms with Crippen molar-refractivity contribution in [2.75, 3.05) is 19.0 Å². The van der Waals surface area contributed by atoms with Crippen molar-refractivity contribution in [1.82, 2.24) is 9.55 Å². The zero-order chi connectivity index (χ0) is 18.8. The van der Waals surface area contributed by atoms with Crippen LogP contribution in [-0.4, -0.2) is 57.7 Å². The maximum atomic E-state index is 12.2. The van der Waals surface area contributed by atoms with Crippen LogP contribution < -0.4 is 11.0 Å². The first-order chi connectivity index (χ1) is 11.8. The molecule has 3 N–H and O–H groups in total. The van der Waals surface area contributed by atoms with Crippen LogP contribution in [0.3, 0.4) is 0 Å². The molecule has 25 heavy (non-hydrogen) atoms. The summed E-state index contributed by atoms with van der Waals surface area (Å²) in [7, 11) is 1.57. The van der Waals surface area contributed by atoms with Gasteiger partial charge in [-0.3, -0.25) is 9.36 Å². The van der Waals surface area contributed by atoms with E-state index in [9.17, 15) is 25.1 Å². The van der Waals surface area contributed by atoms with Crippen molar-refractivity contribution in [2.45, 2.75) is 37.9 Å². The molecule has 1 aliphatic rings. The first-order valence-corrected chi connectivity index (χ1v) is 7.66. The van der Waals surface area contributed by atoms with Crippen LogP contribution in [0.1, 0.15) is 13.8 Å². The van der Waals surface area contributed by atoms with E-state index in [-0.39, 0.29) is 18.3 Å². The lowest BCUT2D eigenvalue weighted by molar-refractivity contribution is -0.157. The lowest BCUT2D eigenvalue weighted by Crippen LogP contribution is -2.49. The molecule has 0 aromatic carbocycles. The van der Waals surface area contributed by atoms with Crippen LogP contribution in [0, 0.1) is 17.2 Å². The lowest BCUT2D eigenvalue weighted by Gasteiger charge is -2.26. The summed E-state index contributed by atoms with van der Waals surface area (Å²) in [4.78, 5) is 27.4. The summed E-state index contributed by atoms with van der Waals surface area (Å²) in [6, 6.07) is 3.13. The highest BCUT2D eigenvalue weighted by Gasteiger charge is 2.57. The normalized spacial score (nSPS) is 28.6. The van der Waals surface area contributed by atoms with Gasteiger partial charge in [-0.05, 0) is 6.07 Å². The van der Waals surface area contributed by atoms with Crippen molar-refractivity contribution >= 4 is 11.8 Å². The van der Waals surface area contributed by atoms with Crippen LogP contribution in [0.5, 0.6) is 0 Å². The monoisotopic (exact) mass is 352 g/mol. The fraction of sp³-hybridized carbons (Fsp3) is 0.600. The second kappa shape index (κ2) is 7.18. The van der Waals surface area contributed by atoms with E-state index in [0.717, 1.165) is 4.57 Å². The molecule has 1 aromatic heterocycles. The van der Waals surface area contributed by atoms with Gasteiger partial charge < -0.3 is 25.0 Å². The SMILES string of the molecule is CNc1ccn([C@]2(C#N)O[C@H](COC(=O)C(C)C)[C@@H](O)[C@H]2O)c(=O)n1. The van der Waals surface area contributed by atoms with Gasteiger partial charge in [-0.1, -0.05) is 13.8 Å². The van der Waals surface area contributed by atoms with Crippen molar-refractivity contribution in [2.24, 2.45) is 5.92 Å². The van der Waals surface area contributed by atoms with Crippen molar-refractivity contribution in [3.63, 3.8) is 0 Å². The summed E-state index contributed by atoms with van der Waals surface area (Å²) in [5, 5.41) is 32.7. The Labute approximate surface area is 143 Å². The molecule has 1 fully saturated rings. The van der Waals surface area contributed by atoms with Gasteiger partial charge in [-0.25, -0.2) is 4.79 Å². The van der Waals surface area contributed by atoms with Crippen LogP contribution in [0.15, 0.2) is 17.1 Å². The number of ether oxygens (including phenoxy) is 2. The van der Waals surface area contributed by atoms with Crippen LogP contribution >= 0.6 is 0 Å². The topological polar surface area (TPSA) is 147 Å². The van der Waals surface area contributed by atoms with E-state index in [1.807, 2.05) is 0 Å². The largest absolute Gasteiger partial charge is 0.463 e. The smallest absolute Gasteiger partial charge is 0.352 e. The quantitative estimate of drug-likeness (QED) is 0.555. The number of rotatable bonds is 5. The summed E-state index contributed by atoms with van der Waals surface area (Å²) in [6.07, 6.45) is -3.22. The molecule has 2 heterocycles. The van der Waals surface area contributed by atoms with E-state index < -0.39 is 35.7 Å². The number of carbonyl (C=O) groups excluding carboxylic acids is 1. The second-order valence-electron chi connectivity index (χ2n) is 5.90. The Kier molecular flexibility index (Phi) is 5.42. The van der Waals surface area contributed by atoms with Crippen molar-refractivity contribution in [1.29, 1.82) is 5.26 Å². The van der Waals surface area contributed by atoms with Gasteiger partial charge in [0, 0.05) is 13.2 Å². The molecule has 4 atom stereocenters. The van der Waals surface area contributed by atoms with Crippen LogP contribution in [-0.2, 0) is 20.0 Å². The van der Waals surface area contributed by atoms with Crippen molar-refractivity contribution < 1.29 is 24.5 Å². The summed E-state index contributed by atoms with van der Waals surface area (Å²) in [5.74, 6) is -0.633. The average molecular weight is 352 g/mol. The molecule has 136 valence electrons. The number of nitrogens with zero attached hydrogens (tertiary/aromatic N) is 3. The van der Waals surface area contributed by atoms with Gasteiger partial charge in [0.15, 0.2) is 0 Å². The van der Waals surface area contributed by atoms with E-state index in [2.05, 4.69) is 10.3 Å². The standard InChI is InChI=1S/C15H20N4O6/c1-8(2)13(22)24-6-9-11(20)12(21)15(7-16,25-9)19-5-4-10(17-3)18-14(19)23/h4-5,8-9,11-12,20-21H,6H2,1-3H3,(H,17,18,23)/t9-,11-,12-,15-/m1/s1. The Hall–Kier alpha value is -2.48. The number of hydrogen-bond donors (Lipinski definition) is 3. The molecular formula is C15H20N4O6. The summed E-state index contributed by atoms with van der Waals surface area (Å²) < 4.78 is 11.2. The number of aliphatic hydroxyl groups is 2. The molecule has 2 rings (SSSR count). The zero-order valence-corrected chi connectivity index (χ0v) is 14.0. The molecule has 1 saturated heterocycles. The maximum absolute atomic E-state index is 12.2. The third-order valence-electron chi connectivity index (χ3n) is 3.88. The predicted octanol–water partition coefficient (Wildman–Crippen LogP) is -1.22. The summed E-state index contributed by atoms with van der Waals surface area (Å²) in [5.41, 5.74) is -3.02. The van der Waals surface area contributed by atoms with E-state index >= 15 is 0 Å². The van der Waals surface area contributed by atoms with Gasteiger partial charge >= 0.3 is 11.7 Å². The van der Waals surface area contributed by atoms with Crippen molar-refractivity contribution in [3.05, 3.63) is 22.7 Å². The Bertz CT molecular complexity index is 742. The number of aliphatic hydroxyl groups excluding tert-OH is 2. The highest BCUT2D eigenvalue weighted by atomic mass is 16.6. The summed E-state index contributed by atoms with van der Waals surface area (Å²) in [6.45, 7) is 2.91. The maximum Gasteiger partial charge on any atom is 0.352 e. The van der Waals surface area contributed by atoms with Gasteiger partial charge in [0.2, 0.25) is 0 Å². The molecule has 0 bridgehead atoms. The number of anilines is 1. The highest BCUT2D eigenvalue weighted by molar-refractivity contribution is 5.71. The van der Waals surface area contributed by atoms with Gasteiger partial charge in [0.25, 0.3) is 5.72 Å². The van der Waals surface area contributed by atoms with Gasteiger partial charge in [-0.15, -0.1) is 0 Å². The van der Waals surface area contributed by atoms with Crippen LogP contribution in [0.2, 0.25) is 0 Å². The molecule has 0 aliphatic carbocycles. The molecule has 10 nitrogen and oxygen atoms in total. The fourth-order valence-corrected chi connectivity index (χ4v) is 2.41. The molecule has 1 aromatic rings. The number of aromatic nitrogens is 2. The minimum Gasteiger partial charge on any atom is -0.463 e. The third-order valence-corrected chi connectivity index (χ3v) is 3.88. The average Bonchev–Trinajstić information content (AvgIpc) is 2.84. The van der Waals surface area contributed by atoms with E-state index in [1.54, 1.807) is 27.0 Å². The van der Waals surface area contributed by atoms with Crippen LogP contribution in [0.4, 0.5) is 5.82 Å². The first kappa shape index (κ1) is 18.9. The molecule has 1 aliphatic heterocycles. The fourth-order valence-electron chi connectivity index (χ4n) is 2.41. The van der Waals surface area contributed by atoms with Gasteiger partial charge in [0.05, 0.1) is 5.92 Å². The first-order valence-electron chi connectivity index (χ1n) is 7.66. The van der Waals surface area contributed by atoms with Gasteiger partial charge in [0.1, 0.15) is 36.8 Å². The van der Waals surface area contributed by atoms with E-state index in [0.29, 0.717) is 0 Å². The highest BCUT2D eigenvalue weighted by Crippen LogP contribution is 2.34. The molecule has 0 radical (unpaired) electrons. The number of nitriles is 1. The second-order valence-corrected chi connectivity index (χ2v) is 5.90. The van der Waals surface area contributed by atoms with E-state index in [4.69, 9.17) is 9.47 Å². The molecule has 0 unspecified atom stereocenters. The molecule has 0 amide bonds. The number of nitrogens with one attached hydrogen (secondary N) is 1. The summed E-state index contributed by atoms with van der Waals surface area (Å²) >= 11 is 0. The Morgan fingerprint density at radius 3 is 2.80 bits per heavy atom. The molecular weight excluding hydrogens is 332 g/mol. The minimum atomic E-state index is -2.18. The minimum absolute atomic E-state index is 0.268.